The Hall–Kier alpha value is -1.79. The second-order valence-electron chi connectivity index (χ2n) is 7.94. The van der Waals surface area contributed by atoms with Crippen LogP contribution in [-0.2, 0) is 14.3 Å². The lowest BCUT2D eigenvalue weighted by Gasteiger charge is -2.36. The van der Waals surface area contributed by atoms with Crippen LogP contribution in [0.1, 0.15) is 54.4 Å². The molecule has 0 unspecified atom stereocenters. The van der Waals surface area contributed by atoms with Crippen LogP contribution in [-0.4, -0.2) is 45.9 Å². The third-order valence-corrected chi connectivity index (χ3v) is 3.25. The molecular formula is C16H27NO6. The minimum atomic E-state index is -0.845. The average Bonchev–Trinajstić information content (AvgIpc) is 2.20. The quantitative estimate of drug-likeness (QED) is 0.854. The molecule has 1 fully saturated rings. The number of rotatable bonds is 3. The largest absolute Gasteiger partial charge is 0.481 e. The molecule has 1 aliphatic carbocycles. The van der Waals surface area contributed by atoms with Crippen molar-refractivity contribution in [2.24, 2.45) is 11.8 Å². The zero-order chi connectivity index (χ0) is 18.0. The zero-order valence-corrected chi connectivity index (χ0v) is 14.7. The van der Waals surface area contributed by atoms with Gasteiger partial charge in [0.25, 0.3) is 0 Å². The highest BCUT2D eigenvalue weighted by atomic mass is 16.6. The van der Waals surface area contributed by atoms with Crippen molar-refractivity contribution in [1.82, 2.24) is 4.90 Å². The van der Waals surface area contributed by atoms with Gasteiger partial charge in [-0.15, -0.1) is 0 Å². The van der Waals surface area contributed by atoms with Crippen LogP contribution in [0.5, 0.6) is 0 Å². The van der Waals surface area contributed by atoms with Gasteiger partial charge in [0.15, 0.2) is 0 Å². The van der Waals surface area contributed by atoms with Crippen LogP contribution >= 0.6 is 0 Å². The fraction of sp³-hybridized carbons (Fsp3) is 0.812. The summed E-state index contributed by atoms with van der Waals surface area (Å²) in [5, 5.41) is 8.91. The van der Waals surface area contributed by atoms with Crippen LogP contribution in [0.25, 0.3) is 0 Å². The number of nitrogens with zero attached hydrogens (tertiary/aromatic N) is 1. The van der Waals surface area contributed by atoms with E-state index in [2.05, 4.69) is 0 Å². The average molecular weight is 329 g/mol. The highest BCUT2D eigenvalue weighted by molar-refractivity contribution is 5.88. The van der Waals surface area contributed by atoms with Gasteiger partial charge in [0, 0.05) is 6.54 Å². The molecule has 132 valence electrons. The molecule has 2 amide bonds. The van der Waals surface area contributed by atoms with E-state index in [1.165, 1.54) is 0 Å². The molecule has 0 atom stereocenters. The van der Waals surface area contributed by atoms with Gasteiger partial charge < -0.3 is 14.6 Å². The van der Waals surface area contributed by atoms with Gasteiger partial charge in [-0.1, -0.05) is 0 Å². The van der Waals surface area contributed by atoms with Gasteiger partial charge in [-0.2, -0.15) is 0 Å². The molecule has 1 N–H and O–H groups in total. The highest BCUT2D eigenvalue weighted by Gasteiger charge is 2.39. The molecule has 0 aromatic carbocycles. The van der Waals surface area contributed by atoms with Gasteiger partial charge in [-0.25, -0.2) is 14.5 Å². The van der Waals surface area contributed by atoms with E-state index >= 15 is 0 Å². The molecule has 1 aliphatic rings. The summed E-state index contributed by atoms with van der Waals surface area (Å²) in [6.45, 7) is 10.4. The lowest BCUT2D eigenvalue weighted by molar-refractivity contribution is -0.146. The van der Waals surface area contributed by atoms with Crippen LogP contribution in [0.2, 0.25) is 0 Å². The predicted octanol–water partition coefficient (Wildman–Crippen LogP) is 3.27. The summed E-state index contributed by atoms with van der Waals surface area (Å²) in [5.74, 6) is -1.29. The lowest BCUT2D eigenvalue weighted by Crippen LogP contribution is -2.48. The van der Waals surface area contributed by atoms with Gasteiger partial charge in [-0.05, 0) is 60.3 Å². The molecule has 1 rings (SSSR count). The van der Waals surface area contributed by atoms with Gasteiger partial charge in [-0.3, -0.25) is 4.79 Å². The summed E-state index contributed by atoms with van der Waals surface area (Å²) in [7, 11) is 0. The number of amides is 2. The smallest absolute Gasteiger partial charge is 0.419 e. The number of carbonyl (C=O) groups excluding carboxylic acids is 2. The van der Waals surface area contributed by atoms with Crippen LogP contribution in [0, 0.1) is 11.8 Å². The zero-order valence-electron chi connectivity index (χ0n) is 14.7. The van der Waals surface area contributed by atoms with E-state index in [-0.39, 0.29) is 12.5 Å². The molecular weight excluding hydrogens is 302 g/mol. The first-order valence-electron chi connectivity index (χ1n) is 7.75. The van der Waals surface area contributed by atoms with Crippen LogP contribution < -0.4 is 0 Å². The molecule has 0 aromatic rings. The predicted molar refractivity (Wildman–Crippen MR) is 83.0 cm³/mol. The maximum absolute atomic E-state index is 12.3. The Bertz CT molecular complexity index is 440. The molecule has 0 bridgehead atoms. The standard InChI is InChI=1S/C16H27NO6/c1-15(2,3)22-13(20)17(14(21)23-16(4,5)6)9-10-7-11(8-10)12(18)19/h10-11H,7-9H2,1-6H3,(H,18,19). The molecule has 0 spiro atoms. The van der Waals surface area contributed by atoms with Crippen molar-refractivity contribution in [1.29, 1.82) is 0 Å². The molecule has 1 saturated carbocycles. The second kappa shape index (κ2) is 6.76. The molecule has 7 heteroatoms. The van der Waals surface area contributed by atoms with Crippen LogP contribution in [0.15, 0.2) is 0 Å². The highest BCUT2D eigenvalue weighted by Crippen LogP contribution is 2.35. The molecule has 0 radical (unpaired) electrons. The summed E-state index contributed by atoms with van der Waals surface area (Å²) < 4.78 is 10.5. The van der Waals surface area contributed by atoms with Gasteiger partial charge in [0.05, 0.1) is 5.92 Å². The second-order valence-corrected chi connectivity index (χ2v) is 7.94. The van der Waals surface area contributed by atoms with Crippen molar-refractivity contribution in [3.05, 3.63) is 0 Å². The topological polar surface area (TPSA) is 93.1 Å². The monoisotopic (exact) mass is 329 g/mol. The first kappa shape index (κ1) is 19.3. The van der Waals surface area contributed by atoms with Crippen molar-refractivity contribution in [3.63, 3.8) is 0 Å². The van der Waals surface area contributed by atoms with Crippen LogP contribution in [0.4, 0.5) is 9.59 Å². The third-order valence-electron chi connectivity index (χ3n) is 3.25. The van der Waals surface area contributed by atoms with E-state index in [1.807, 2.05) is 0 Å². The Labute approximate surface area is 136 Å². The Morgan fingerprint density at radius 2 is 1.35 bits per heavy atom. The normalized spacial score (nSPS) is 21.1. The number of carboxylic acids is 1. The number of hydrogen-bond donors (Lipinski definition) is 1. The van der Waals surface area contributed by atoms with Gasteiger partial charge in [0.2, 0.25) is 0 Å². The number of aliphatic carboxylic acids is 1. The van der Waals surface area contributed by atoms with Crippen molar-refractivity contribution < 1.29 is 29.0 Å². The Morgan fingerprint density at radius 3 is 1.65 bits per heavy atom. The number of carboxylic acid groups (broad SMARTS) is 1. The van der Waals surface area contributed by atoms with Crippen molar-refractivity contribution in [2.75, 3.05) is 6.54 Å². The molecule has 0 saturated heterocycles. The summed E-state index contributed by atoms with van der Waals surface area (Å²) in [6, 6.07) is 0. The molecule has 0 heterocycles. The third kappa shape index (κ3) is 6.46. The van der Waals surface area contributed by atoms with E-state index in [9.17, 15) is 14.4 Å². The maximum Gasteiger partial charge on any atom is 0.419 e. The number of hydrogen-bond acceptors (Lipinski definition) is 5. The molecule has 0 aromatic heterocycles. The molecule has 23 heavy (non-hydrogen) atoms. The van der Waals surface area contributed by atoms with E-state index < -0.39 is 35.3 Å². The Kier molecular flexibility index (Phi) is 5.66. The Balaban J connectivity index is 2.75. The fourth-order valence-electron chi connectivity index (χ4n) is 2.20. The van der Waals surface area contributed by atoms with E-state index in [4.69, 9.17) is 14.6 Å². The fourth-order valence-corrected chi connectivity index (χ4v) is 2.20. The molecule has 0 aliphatic heterocycles. The van der Waals surface area contributed by atoms with Crippen molar-refractivity contribution >= 4 is 18.2 Å². The minimum absolute atomic E-state index is 0.0452. The van der Waals surface area contributed by atoms with Gasteiger partial charge >= 0.3 is 18.2 Å². The van der Waals surface area contributed by atoms with Crippen molar-refractivity contribution in [3.8, 4) is 0 Å². The minimum Gasteiger partial charge on any atom is -0.481 e. The SMILES string of the molecule is CC(C)(C)OC(=O)N(CC1CC(C(=O)O)C1)C(=O)OC(C)(C)C. The summed E-state index contributed by atoms with van der Waals surface area (Å²) >= 11 is 0. The van der Waals surface area contributed by atoms with Crippen LogP contribution in [0.3, 0.4) is 0 Å². The summed E-state index contributed by atoms with van der Waals surface area (Å²) in [6.07, 6.45) is -0.662. The molecule has 7 nitrogen and oxygen atoms in total. The van der Waals surface area contributed by atoms with E-state index in [1.54, 1.807) is 41.5 Å². The number of imide groups is 1. The van der Waals surface area contributed by atoms with Gasteiger partial charge in [0.1, 0.15) is 11.2 Å². The maximum atomic E-state index is 12.3. The van der Waals surface area contributed by atoms with E-state index in [0.717, 1.165) is 4.90 Å². The lowest BCUT2D eigenvalue weighted by atomic mass is 9.75. The first-order chi connectivity index (χ1) is 10.3. The Morgan fingerprint density at radius 1 is 0.957 bits per heavy atom. The first-order valence-corrected chi connectivity index (χ1v) is 7.75. The summed E-state index contributed by atoms with van der Waals surface area (Å²) in [5.41, 5.74) is -1.47. The van der Waals surface area contributed by atoms with E-state index in [0.29, 0.717) is 12.8 Å². The number of ether oxygens (including phenoxy) is 2. The van der Waals surface area contributed by atoms with Crippen molar-refractivity contribution in [2.45, 2.75) is 65.6 Å². The summed E-state index contributed by atoms with van der Waals surface area (Å²) in [4.78, 5) is 36.3. The number of carbonyl (C=O) groups is 3.